The van der Waals surface area contributed by atoms with E-state index in [9.17, 15) is 18.3 Å². The predicted molar refractivity (Wildman–Crippen MR) is 138 cm³/mol. The molecule has 0 aliphatic rings. The molecule has 8 nitrogen and oxygen atoms in total. The van der Waals surface area contributed by atoms with Crippen molar-refractivity contribution in [1.29, 1.82) is 0 Å². The number of carbonyl (C=O) groups excluding carboxylic acids is 1. The van der Waals surface area contributed by atoms with E-state index in [0.29, 0.717) is 22.2 Å². The predicted octanol–water partition coefficient (Wildman–Crippen LogP) is 4.42. The van der Waals surface area contributed by atoms with Gasteiger partial charge in [0, 0.05) is 6.42 Å². The number of sulfonamides is 1. The molecule has 0 saturated heterocycles. The second kappa shape index (κ2) is 12.0. The van der Waals surface area contributed by atoms with Gasteiger partial charge in [-0.15, -0.1) is 0 Å². The minimum atomic E-state index is -3.86. The molecular formula is C25H26BrN3O5S. The van der Waals surface area contributed by atoms with Gasteiger partial charge in [0.1, 0.15) is 0 Å². The molecule has 0 radical (unpaired) electrons. The van der Waals surface area contributed by atoms with Gasteiger partial charge in [-0.3, -0.25) is 4.79 Å². The molecule has 0 aliphatic carbocycles. The molecule has 3 N–H and O–H groups in total. The fourth-order valence-electron chi connectivity index (χ4n) is 3.23. The lowest BCUT2D eigenvalue weighted by molar-refractivity contribution is -0.121. The highest BCUT2D eigenvalue weighted by molar-refractivity contribution is 9.10. The van der Waals surface area contributed by atoms with Gasteiger partial charge in [0.2, 0.25) is 15.9 Å². The van der Waals surface area contributed by atoms with Crippen LogP contribution in [-0.4, -0.2) is 32.3 Å². The second-order valence-electron chi connectivity index (χ2n) is 7.68. The summed E-state index contributed by atoms with van der Waals surface area (Å²) in [5, 5.41) is 14.0. The summed E-state index contributed by atoms with van der Waals surface area (Å²) >= 11 is 3.25. The summed E-state index contributed by atoms with van der Waals surface area (Å²) in [6.45, 7) is 4.04. The van der Waals surface area contributed by atoms with E-state index in [2.05, 4.69) is 31.2 Å². The first kappa shape index (κ1) is 26.4. The number of rotatable bonds is 10. The summed E-state index contributed by atoms with van der Waals surface area (Å²) in [4.78, 5) is 12.8. The van der Waals surface area contributed by atoms with Gasteiger partial charge in [-0.25, -0.2) is 18.6 Å². The Morgan fingerprint density at radius 1 is 1.14 bits per heavy atom. The standard InChI is InChI=1S/C25H26BrN3O5S/c1-3-34-23-14-18(13-21(26)25(23)31)16-27-28-24(30)15-22(19-7-5-4-6-8-19)29-35(32,33)20-11-9-17(2)10-12-20/h4-14,16,22,29,31H,3,15H2,1-2H3,(H,28,30)/b27-16-/t22-/m1/s1. The third-order valence-corrected chi connectivity index (χ3v) is 7.07. The molecule has 3 rings (SSSR count). The van der Waals surface area contributed by atoms with Crippen molar-refractivity contribution in [2.24, 2.45) is 5.10 Å². The SMILES string of the molecule is CCOc1cc(/C=N\NC(=O)C[C@@H](NS(=O)(=O)c2ccc(C)cc2)c2ccccc2)cc(Br)c1O. The van der Waals surface area contributed by atoms with Gasteiger partial charge in [0.25, 0.3) is 0 Å². The van der Waals surface area contributed by atoms with E-state index in [1.165, 1.54) is 18.3 Å². The fraction of sp³-hybridized carbons (Fsp3) is 0.200. The van der Waals surface area contributed by atoms with Crippen LogP contribution < -0.4 is 14.9 Å². The number of hydrogen-bond acceptors (Lipinski definition) is 6. The highest BCUT2D eigenvalue weighted by Gasteiger charge is 2.23. The van der Waals surface area contributed by atoms with Crippen molar-refractivity contribution in [3.63, 3.8) is 0 Å². The molecule has 184 valence electrons. The molecule has 1 amide bonds. The van der Waals surface area contributed by atoms with Crippen LogP contribution in [0.1, 0.15) is 36.1 Å². The number of aryl methyl sites for hydroxylation is 1. The quantitative estimate of drug-likeness (QED) is 0.251. The zero-order chi connectivity index (χ0) is 25.4. The highest BCUT2D eigenvalue weighted by Crippen LogP contribution is 2.35. The third-order valence-electron chi connectivity index (χ3n) is 4.97. The summed E-state index contributed by atoms with van der Waals surface area (Å²) in [5.41, 5.74) is 4.59. The Morgan fingerprint density at radius 3 is 2.49 bits per heavy atom. The first-order chi connectivity index (χ1) is 16.7. The van der Waals surface area contributed by atoms with Crippen LogP contribution in [-0.2, 0) is 14.8 Å². The Hall–Kier alpha value is -3.21. The maximum atomic E-state index is 12.9. The van der Waals surface area contributed by atoms with Crippen molar-refractivity contribution in [1.82, 2.24) is 10.1 Å². The van der Waals surface area contributed by atoms with Crippen molar-refractivity contribution >= 4 is 38.1 Å². The maximum absolute atomic E-state index is 12.9. The molecule has 35 heavy (non-hydrogen) atoms. The molecule has 0 aliphatic heterocycles. The number of benzene rings is 3. The van der Waals surface area contributed by atoms with E-state index in [-0.39, 0.29) is 22.8 Å². The van der Waals surface area contributed by atoms with Crippen molar-refractivity contribution in [2.45, 2.75) is 31.2 Å². The van der Waals surface area contributed by atoms with Gasteiger partial charge in [0.15, 0.2) is 11.5 Å². The minimum Gasteiger partial charge on any atom is -0.503 e. The maximum Gasteiger partial charge on any atom is 0.242 e. The Morgan fingerprint density at radius 2 is 1.83 bits per heavy atom. The molecule has 10 heteroatoms. The Bertz CT molecular complexity index is 1300. The molecule has 0 unspecified atom stereocenters. The Kier molecular flexibility index (Phi) is 9.02. The molecule has 1 atom stereocenters. The van der Waals surface area contributed by atoms with E-state index < -0.39 is 22.0 Å². The third kappa shape index (κ3) is 7.38. The molecule has 0 fully saturated rings. The van der Waals surface area contributed by atoms with Gasteiger partial charge in [-0.2, -0.15) is 5.10 Å². The number of aromatic hydroxyl groups is 1. The summed E-state index contributed by atoms with van der Waals surface area (Å²) in [6.07, 6.45) is 1.23. The van der Waals surface area contributed by atoms with Crippen LogP contribution in [0.4, 0.5) is 0 Å². The zero-order valence-corrected chi connectivity index (χ0v) is 21.6. The fourth-order valence-corrected chi connectivity index (χ4v) is 4.91. The normalized spacial score (nSPS) is 12.4. The van der Waals surface area contributed by atoms with Gasteiger partial charge in [0.05, 0.1) is 28.2 Å². The number of carbonyl (C=O) groups is 1. The minimum absolute atomic E-state index is 0.0281. The Balaban J connectivity index is 1.74. The van der Waals surface area contributed by atoms with Crippen LogP contribution in [0.3, 0.4) is 0 Å². The van der Waals surface area contributed by atoms with Crippen molar-refractivity contribution in [2.75, 3.05) is 6.61 Å². The van der Waals surface area contributed by atoms with Gasteiger partial charge >= 0.3 is 0 Å². The smallest absolute Gasteiger partial charge is 0.242 e. The lowest BCUT2D eigenvalue weighted by Gasteiger charge is -2.18. The molecule has 0 aromatic heterocycles. The number of halogens is 1. The monoisotopic (exact) mass is 559 g/mol. The summed E-state index contributed by atoms with van der Waals surface area (Å²) in [5.74, 6) is -0.228. The topological polar surface area (TPSA) is 117 Å². The summed E-state index contributed by atoms with van der Waals surface area (Å²) in [6, 6.07) is 17.7. The number of phenolic OH excluding ortho intramolecular Hbond substituents is 1. The number of hydrazone groups is 1. The second-order valence-corrected chi connectivity index (χ2v) is 10.2. The number of amides is 1. The van der Waals surface area contributed by atoms with Gasteiger partial charge in [-0.05, 0) is 65.2 Å². The summed E-state index contributed by atoms with van der Waals surface area (Å²) in [7, 11) is -3.86. The van der Waals surface area contributed by atoms with E-state index in [1.807, 2.05) is 13.0 Å². The van der Waals surface area contributed by atoms with Crippen LogP contribution in [0.5, 0.6) is 11.5 Å². The molecule has 0 heterocycles. The van der Waals surface area contributed by atoms with Crippen LogP contribution in [0.2, 0.25) is 0 Å². The average molecular weight is 560 g/mol. The molecule has 3 aromatic carbocycles. The van der Waals surface area contributed by atoms with Crippen LogP contribution in [0.25, 0.3) is 0 Å². The van der Waals surface area contributed by atoms with Crippen LogP contribution in [0, 0.1) is 6.92 Å². The summed E-state index contributed by atoms with van der Waals surface area (Å²) < 4.78 is 34.3. The molecule has 0 bridgehead atoms. The molecular weight excluding hydrogens is 534 g/mol. The van der Waals surface area contributed by atoms with Crippen molar-refractivity contribution in [3.8, 4) is 11.5 Å². The molecule has 0 spiro atoms. The van der Waals surface area contributed by atoms with Crippen LogP contribution in [0.15, 0.2) is 81.2 Å². The van der Waals surface area contributed by atoms with Crippen molar-refractivity contribution < 1.29 is 23.1 Å². The zero-order valence-electron chi connectivity index (χ0n) is 19.2. The van der Waals surface area contributed by atoms with E-state index in [4.69, 9.17) is 4.74 Å². The average Bonchev–Trinajstić information content (AvgIpc) is 2.82. The highest BCUT2D eigenvalue weighted by atomic mass is 79.9. The lowest BCUT2D eigenvalue weighted by Crippen LogP contribution is -2.32. The number of nitrogens with one attached hydrogen (secondary N) is 2. The van der Waals surface area contributed by atoms with Crippen molar-refractivity contribution in [3.05, 3.63) is 87.9 Å². The first-order valence-corrected chi connectivity index (χ1v) is 13.1. The van der Waals surface area contributed by atoms with Gasteiger partial charge in [-0.1, -0.05) is 48.0 Å². The number of hydrogen-bond donors (Lipinski definition) is 3. The first-order valence-electron chi connectivity index (χ1n) is 10.8. The Labute approximate surface area is 213 Å². The molecule has 0 saturated carbocycles. The number of phenols is 1. The van der Waals surface area contributed by atoms with E-state index in [1.54, 1.807) is 55.5 Å². The van der Waals surface area contributed by atoms with E-state index >= 15 is 0 Å². The molecule has 3 aromatic rings. The number of ether oxygens (including phenoxy) is 1. The van der Waals surface area contributed by atoms with E-state index in [0.717, 1.165) is 5.56 Å². The lowest BCUT2D eigenvalue weighted by atomic mass is 10.0. The largest absolute Gasteiger partial charge is 0.503 e. The van der Waals surface area contributed by atoms with Gasteiger partial charge < -0.3 is 9.84 Å². The number of nitrogens with zero attached hydrogens (tertiary/aromatic N) is 1. The van der Waals surface area contributed by atoms with Crippen LogP contribution >= 0.6 is 15.9 Å².